The maximum absolute atomic E-state index is 11.6. The molecule has 19 heavy (non-hydrogen) atoms. The monoisotopic (exact) mass is 263 g/mol. The number of methoxy groups -OCH3 is 1. The fourth-order valence-corrected chi connectivity index (χ4v) is 1.29. The van der Waals surface area contributed by atoms with Gasteiger partial charge in [0.2, 0.25) is 5.91 Å². The van der Waals surface area contributed by atoms with Gasteiger partial charge < -0.3 is 15.2 Å². The Balaban J connectivity index is 2.65. The minimum absolute atomic E-state index is 0.455. The Morgan fingerprint density at radius 3 is 2.32 bits per heavy atom. The van der Waals surface area contributed by atoms with Gasteiger partial charge in [-0.3, -0.25) is 4.79 Å². The first-order valence-corrected chi connectivity index (χ1v) is 5.73. The van der Waals surface area contributed by atoms with E-state index in [0.717, 1.165) is 11.3 Å². The van der Waals surface area contributed by atoms with Gasteiger partial charge in [-0.1, -0.05) is 12.1 Å². The van der Waals surface area contributed by atoms with Gasteiger partial charge in [0, 0.05) is 6.08 Å². The zero-order valence-corrected chi connectivity index (χ0v) is 11.1. The molecule has 0 aromatic heterocycles. The molecule has 1 aromatic carbocycles. The van der Waals surface area contributed by atoms with E-state index in [2.05, 4.69) is 5.32 Å². The average Bonchev–Trinajstić information content (AvgIpc) is 2.36. The summed E-state index contributed by atoms with van der Waals surface area (Å²) < 4.78 is 5.02. The molecule has 0 bridgehead atoms. The Morgan fingerprint density at radius 1 is 1.26 bits per heavy atom. The van der Waals surface area contributed by atoms with E-state index in [9.17, 15) is 9.59 Å². The first-order chi connectivity index (χ1) is 8.85. The largest absolute Gasteiger partial charge is 0.497 e. The van der Waals surface area contributed by atoms with Crippen molar-refractivity contribution in [3.05, 3.63) is 35.9 Å². The van der Waals surface area contributed by atoms with E-state index in [4.69, 9.17) is 9.84 Å². The van der Waals surface area contributed by atoms with E-state index < -0.39 is 17.4 Å². The average molecular weight is 263 g/mol. The number of amides is 1. The molecule has 5 heteroatoms. The molecule has 0 aliphatic rings. The lowest BCUT2D eigenvalue weighted by molar-refractivity contribution is -0.145. The van der Waals surface area contributed by atoms with Crippen molar-refractivity contribution < 1.29 is 19.4 Å². The summed E-state index contributed by atoms with van der Waals surface area (Å²) in [7, 11) is 1.58. The van der Waals surface area contributed by atoms with Crippen LogP contribution < -0.4 is 10.1 Å². The van der Waals surface area contributed by atoms with E-state index in [1.54, 1.807) is 37.5 Å². The number of carbonyl (C=O) groups is 2. The molecule has 0 saturated carbocycles. The standard InChI is InChI=1S/C14H17NO4/c1-14(2,13(17)18)15-12(16)9-6-10-4-7-11(19-3)8-5-10/h4-9H,1-3H3,(H,15,16)(H,17,18). The number of hydrogen-bond donors (Lipinski definition) is 2. The Hall–Kier alpha value is -2.30. The molecule has 0 radical (unpaired) electrons. The third kappa shape index (κ3) is 4.46. The summed E-state index contributed by atoms with van der Waals surface area (Å²) in [5, 5.41) is 11.3. The molecule has 5 nitrogen and oxygen atoms in total. The van der Waals surface area contributed by atoms with Crippen molar-refractivity contribution in [2.75, 3.05) is 7.11 Å². The Kier molecular flexibility index (Phi) is 4.69. The van der Waals surface area contributed by atoms with Crippen LogP contribution in [-0.2, 0) is 9.59 Å². The lowest BCUT2D eigenvalue weighted by Crippen LogP contribution is -2.49. The fraction of sp³-hybridized carbons (Fsp3) is 0.286. The van der Waals surface area contributed by atoms with E-state index in [1.165, 1.54) is 19.9 Å². The van der Waals surface area contributed by atoms with Crippen LogP contribution in [-0.4, -0.2) is 29.6 Å². The maximum Gasteiger partial charge on any atom is 0.328 e. The highest BCUT2D eigenvalue weighted by Gasteiger charge is 2.27. The van der Waals surface area contributed by atoms with Gasteiger partial charge in [-0.25, -0.2) is 4.79 Å². The normalized spacial score (nSPS) is 11.3. The number of nitrogens with one attached hydrogen (secondary N) is 1. The van der Waals surface area contributed by atoms with Crippen molar-refractivity contribution in [3.8, 4) is 5.75 Å². The van der Waals surface area contributed by atoms with Crippen molar-refractivity contribution in [1.82, 2.24) is 5.32 Å². The molecule has 0 unspecified atom stereocenters. The van der Waals surface area contributed by atoms with Crippen molar-refractivity contribution in [3.63, 3.8) is 0 Å². The molecule has 1 rings (SSSR count). The van der Waals surface area contributed by atoms with Crippen LogP contribution >= 0.6 is 0 Å². The minimum atomic E-state index is -1.29. The third-order valence-electron chi connectivity index (χ3n) is 2.51. The first kappa shape index (κ1) is 14.8. The molecule has 0 aliphatic heterocycles. The summed E-state index contributed by atoms with van der Waals surface area (Å²) in [6.45, 7) is 2.85. The molecule has 2 N–H and O–H groups in total. The number of carbonyl (C=O) groups excluding carboxylic acids is 1. The molecule has 102 valence electrons. The van der Waals surface area contributed by atoms with Gasteiger partial charge in [0.05, 0.1) is 7.11 Å². The Labute approximate surface area is 111 Å². The Morgan fingerprint density at radius 2 is 1.84 bits per heavy atom. The molecule has 1 amide bonds. The second-order valence-electron chi connectivity index (χ2n) is 4.53. The Bertz CT molecular complexity index is 489. The van der Waals surface area contributed by atoms with Gasteiger partial charge >= 0.3 is 5.97 Å². The fourth-order valence-electron chi connectivity index (χ4n) is 1.29. The van der Waals surface area contributed by atoms with Crippen LogP contribution in [0.4, 0.5) is 0 Å². The second-order valence-corrected chi connectivity index (χ2v) is 4.53. The van der Waals surface area contributed by atoms with Crippen LogP contribution in [0.2, 0.25) is 0 Å². The summed E-state index contributed by atoms with van der Waals surface area (Å²) in [6.07, 6.45) is 2.90. The quantitative estimate of drug-likeness (QED) is 0.793. The molecule has 0 fully saturated rings. The topological polar surface area (TPSA) is 75.6 Å². The summed E-state index contributed by atoms with van der Waals surface area (Å²) in [6, 6.07) is 7.15. The van der Waals surface area contributed by atoms with Crippen LogP contribution in [0.25, 0.3) is 6.08 Å². The van der Waals surface area contributed by atoms with Crippen molar-refractivity contribution >= 4 is 18.0 Å². The molecular formula is C14H17NO4. The van der Waals surface area contributed by atoms with Gasteiger partial charge in [-0.05, 0) is 37.6 Å². The highest BCUT2D eigenvalue weighted by Crippen LogP contribution is 2.12. The van der Waals surface area contributed by atoms with Crippen molar-refractivity contribution in [2.24, 2.45) is 0 Å². The van der Waals surface area contributed by atoms with E-state index >= 15 is 0 Å². The van der Waals surface area contributed by atoms with E-state index in [0.29, 0.717) is 0 Å². The van der Waals surface area contributed by atoms with Gasteiger partial charge in [-0.15, -0.1) is 0 Å². The first-order valence-electron chi connectivity index (χ1n) is 5.73. The molecule has 1 aromatic rings. The van der Waals surface area contributed by atoms with Crippen LogP contribution in [0.5, 0.6) is 5.75 Å². The van der Waals surface area contributed by atoms with Crippen LogP contribution in [0.1, 0.15) is 19.4 Å². The van der Waals surface area contributed by atoms with Gasteiger partial charge in [0.15, 0.2) is 0 Å². The number of ether oxygens (including phenoxy) is 1. The predicted molar refractivity (Wildman–Crippen MR) is 71.9 cm³/mol. The number of aliphatic carboxylic acids is 1. The summed E-state index contributed by atoms with van der Waals surface area (Å²) in [4.78, 5) is 22.4. The van der Waals surface area contributed by atoms with Crippen molar-refractivity contribution in [2.45, 2.75) is 19.4 Å². The third-order valence-corrected chi connectivity index (χ3v) is 2.51. The maximum atomic E-state index is 11.6. The number of benzene rings is 1. The van der Waals surface area contributed by atoms with Crippen LogP contribution in [0.3, 0.4) is 0 Å². The van der Waals surface area contributed by atoms with E-state index in [1.807, 2.05) is 0 Å². The zero-order valence-electron chi connectivity index (χ0n) is 11.1. The second kappa shape index (κ2) is 6.04. The summed E-state index contributed by atoms with van der Waals surface area (Å²) >= 11 is 0. The minimum Gasteiger partial charge on any atom is -0.497 e. The van der Waals surface area contributed by atoms with Gasteiger partial charge in [0.1, 0.15) is 11.3 Å². The highest BCUT2D eigenvalue weighted by atomic mass is 16.5. The SMILES string of the molecule is COc1ccc(C=CC(=O)NC(C)(C)C(=O)O)cc1. The van der Waals surface area contributed by atoms with Gasteiger partial charge in [-0.2, -0.15) is 0 Å². The number of rotatable bonds is 5. The summed E-state index contributed by atoms with van der Waals surface area (Å²) in [5.74, 6) is -0.810. The molecular weight excluding hydrogens is 246 g/mol. The van der Waals surface area contributed by atoms with Crippen LogP contribution in [0.15, 0.2) is 30.3 Å². The van der Waals surface area contributed by atoms with Gasteiger partial charge in [0.25, 0.3) is 0 Å². The molecule has 0 aliphatic carbocycles. The molecule has 0 heterocycles. The smallest absolute Gasteiger partial charge is 0.328 e. The number of carboxylic acid groups (broad SMARTS) is 1. The lowest BCUT2D eigenvalue weighted by Gasteiger charge is -2.19. The number of carboxylic acids is 1. The highest BCUT2D eigenvalue weighted by molar-refractivity contribution is 5.95. The van der Waals surface area contributed by atoms with Crippen molar-refractivity contribution in [1.29, 1.82) is 0 Å². The molecule has 0 spiro atoms. The molecule has 0 saturated heterocycles. The van der Waals surface area contributed by atoms with Crippen LogP contribution in [0, 0.1) is 0 Å². The van der Waals surface area contributed by atoms with E-state index in [-0.39, 0.29) is 0 Å². The predicted octanol–water partition coefficient (Wildman–Crippen LogP) is 1.69. The molecule has 0 atom stereocenters. The lowest BCUT2D eigenvalue weighted by atomic mass is 10.1. The summed E-state index contributed by atoms with van der Waals surface area (Å²) in [5.41, 5.74) is -0.467. The number of hydrogen-bond acceptors (Lipinski definition) is 3. The zero-order chi connectivity index (χ0) is 14.5.